The number of ether oxygens (including phenoxy) is 2. The van der Waals surface area contributed by atoms with Crippen molar-refractivity contribution >= 4 is 18.2 Å². The van der Waals surface area contributed by atoms with E-state index in [1.807, 2.05) is 76.2 Å². The molecule has 0 aliphatic carbocycles. The number of nitrogens with zero attached hydrogens (tertiary/aromatic N) is 2. The van der Waals surface area contributed by atoms with Gasteiger partial charge in [-0.1, -0.05) is 19.1 Å². The fourth-order valence-corrected chi connectivity index (χ4v) is 3.26. The van der Waals surface area contributed by atoms with Crippen molar-refractivity contribution < 1.29 is 19.1 Å². The van der Waals surface area contributed by atoms with Crippen molar-refractivity contribution in [2.24, 2.45) is 0 Å². The Morgan fingerprint density at radius 1 is 1.12 bits per heavy atom. The third-order valence-electron chi connectivity index (χ3n) is 4.86. The first-order chi connectivity index (χ1) is 16.3. The van der Waals surface area contributed by atoms with Crippen LogP contribution in [0, 0.1) is 0 Å². The third kappa shape index (κ3) is 7.37. The monoisotopic (exact) mass is 464 g/mol. The highest BCUT2D eigenvalue weighted by molar-refractivity contribution is 5.71. The minimum Gasteiger partial charge on any atom is -0.489 e. The second-order valence-electron chi connectivity index (χ2n) is 8.92. The number of aromatic amines is 1. The highest BCUT2D eigenvalue weighted by atomic mass is 16.6. The lowest BCUT2D eigenvalue weighted by molar-refractivity contribution is -0.105. The fraction of sp³-hybridized carbons (Fsp3) is 0.346. The average molecular weight is 465 g/mol. The molecule has 0 unspecified atom stereocenters. The predicted molar refractivity (Wildman–Crippen MR) is 131 cm³/mol. The summed E-state index contributed by atoms with van der Waals surface area (Å²) in [5.41, 5.74) is 3.03. The number of hydrogen-bond acceptors (Lipinski definition) is 5. The summed E-state index contributed by atoms with van der Waals surface area (Å²) in [5.74, 6) is 1.44. The first-order valence-electron chi connectivity index (χ1n) is 11.3. The van der Waals surface area contributed by atoms with Crippen LogP contribution in [-0.4, -0.2) is 39.5 Å². The van der Waals surface area contributed by atoms with Gasteiger partial charge in [0.1, 0.15) is 23.8 Å². The average Bonchev–Trinajstić information content (AvgIpc) is 3.26. The Kier molecular flexibility index (Phi) is 8.29. The molecule has 0 bridgehead atoms. The van der Waals surface area contributed by atoms with E-state index in [2.05, 4.69) is 15.3 Å². The van der Waals surface area contributed by atoms with E-state index in [0.717, 1.165) is 34.7 Å². The first kappa shape index (κ1) is 24.8. The van der Waals surface area contributed by atoms with E-state index in [-0.39, 0.29) is 6.09 Å². The molecule has 0 aliphatic heterocycles. The normalized spacial score (nSPS) is 11.1. The molecule has 8 heteroatoms. The Morgan fingerprint density at radius 2 is 1.82 bits per heavy atom. The molecule has 0 saturated heterocycles. The Balaban J connectivity index is 1.59. The van der Waals surface area contributed by atoms with Gasteiger partial charge >= 0.3 is 6.09 Å². The molecule has 0 spiro atoms. The Morgan fingerprint density at radius 3 is 2.44 bits per heavy atom. The van der Waals surface area contributed by atoms with Crippen LogP contribution in [0.3, 0.4) is 0 Å². The Bertz CT molecular complexity index is 1070. The van der Waals surface area contributed by atoms with Crippen molar-refractivity contribution in [2.45, 2.75) is 52.9 Å². The topological polar surface area (TPSA) is 96.5 Å². The Labute approximate surface area is 200 Å². The lowest BCUT2D eigenvalue weighted by Gasteiger charge is -2.26. The molecule has 2 N–H and O–H groups in total. The van der Waals surface area contributed by atoms with Gasteiger partial charge in [0.15, 0.2) is 0 Å². The number of carbonyl (C=O) groups is 2. The number of amides is 2. The second kappa shape index (κ2) is 11.4. The van der Waals surface area contributed by atoms with E-state index in [1.165, 1.54) is 0 Å². The Hall–Kier alpha value is -3.81. The van der Waals surface area contributed by atoms with Gasteiger partial charge in [0.05, 0.1) is 18.4 Å². The molecule has 0 saturated carbocycles. The van der Waals surface area contributed by atoms with E-state index in [0.29, 0.717) is 31.9 Å². The molecule has 180 valence electrons. The number of imidazole rings is 1. The lowest BCUT2D eigenvalue weighted by atomic mass is 10.1. The van der Waals surface area contributed by atoms with Crippen LogP contribution < -0.4 is 10.1 Å². The van der Waals surface area contributed by atoms with Crippen molar-refractivity contribution in [3.05, 3.63) is 66.1 Å². The molecule has 8 nitrogen and oxygen atoms in total. The summed E-state index contributed by atoms with van der Waals surface area (Å²) in [6.45, 7) is 8.96. The zero-order valence-corrected chi connectivity index (χ0v) is 20.1. The van der Waals surface area contributed by atoms with Crippen LogP contribution >= 0.6 is 0 Å². The molecule has 0 aliphatic rings. The molecular weight excluding hydrogens is 432 g/mol. The van der Waals surface area contributed by atoms with E-state index in [1.54, 1.807) is 11.1 Å². The number of H-pyrrole nitrogens is 1. The quantitative estimate of drug-likeness (QED) is 0.393. The van der Waals surface area contributed by atoms with Gasteiger partial charge in [0.2, 0.25) is 6.41 Å². The van der Waals surface area contributed by atoms with Crippen LogP contribution in [0.4, 0.5) is 10.5 Å². The summed E-state index contributed by atoms with van der Waals surface area (Å²) in [7, 11) is 0. The summed E-state index contributed by atoms with van der Waals surface area (Å²) >= 11 is 0. The summed E-state index contributed by atoms with van der Waals surface area (Å²) in [5, 5.41) is 2.61. The van der Waals surface area contributed by atoms with E-state index >= 15 is 0 Å². The van der Waals surface area contributed by atoms with Crippen LogP contribution in [0.25, 0.3) is 11.3 Å². The van der Waals surface area contributed by atoms with Crippen molar-refractivity contribution in [3.63, 3.8) is 0 Å². The van der Waals surface area contributed by atoms with Crippen LogP contribution in [0.15, 0.2) is 54.7 Å². The summed E-state index contributed by atoms with van der Waals surface area (Å²) in [6.07, 6.45) is 2.90. The van der Waals surface area contributed by atoms with Gasteiger partial charge in [-0.3, -0.25) is 4.79 Å². The van der Waals surface area contributed by atoms with Gasteiger partial charge < -0.3 is 24.7 Å². The number of aromatic nitrogens is 2. The standard InChI is InChI=1S/C26H32N4O4/c1-5-14-30(25(32)34-26(2,3)4)16-24-27-15-23(29-24)20-8-12-22(13-9-20)33-17-19-6-10-21(11-7-19)28-18-31/h6-13,15,18H,5,14,16-17H2,1-4H3,(H,27,29)(H,28,31). The zero-order valence-electron chi connectivity index (χ0n) is 20.1. The third-order valence-corrected chi connectivity index (χ3v) is 4.86. The van der Waals surface area contributed by atoms with Crippen molar-refractivity contribution in [2.75, 3.05) is 11.9 Å². The smallest absolute Gasteiger partial charge is 0.410 e. The van der Waals surface area contributed by atoms with Gasteiger partial charge in [0, 0.05) is 12.2 Å². The van der Waals surface area contributed by atoms with E-state index in [9.17, 15) is 9.59 Å². The van der Waals surface area contributed by atoms with Crippen molar-refractivity contribution in [3.8, 4) is 17.0 Å². The SMILES string of the molecule is CCCN(Cc1ncc(-c2ccc(OCc3ccc(NC=O)cc3)cc2)[nH]1)C(=O)OC(C)(C)C. The predicted octanol–water partition coefficient (Wildman–Crippen LogP) is 5.37. The molecule has 2 aromatic carbocycles. The van der Waals surface area contributed by atoms with Gasteiger partial charge in [-0.25, -0.2) is 9.78 Å². The highest BCUT2D eigenvalue weighted by Crippen LogP contribution is 2.22. The maximum atomic E-state index is 12.5. The maximum absolute atomic E-state index is 12.5. The molecular formula is C26H32N4O4. The second-order valence-corrected chi connectivity index (χ2v) is 8.92. The number of anilines is 1. The number of nitrogens with one attached hydrogen (secondary N) is 2. The molecule has 0 fully saturated rings. The lowest BCUT2D eigenvalue weighted by Crippen LogP contribution is -2.37. The molecule has 1 aromatic heterocycles. The van der Waals surface area contributed by atoms with Crippen LogP contribution in [0.5, 0.6) is 5.75 Å². The molecule has 1 heterocycles. The number of hydrogen-bond donors (Lipinski definition) is 2. The molecule has 34 heavy (non-hydrogen) atoms. The van der Waals surface area contributed by atoms with Crippen LogP contribution in [0.2, 0.25) is 0 Å². The minimum atomic E-state index is -0.543. The summed E-state index contributed by atoms with van der Waals surface area (Å²) < 4.78 is 11.4. The maximum Gasteiger partial charge on any atom is 0.410 e. The van der Waals surface area contributed by atoms with Gasteiger partial charge in [0.25, 0.3) is 0 Å². The van der Waals surface area contributed by atoms with E-state index < -0.39 is 5.60 Å². The highest BCUT2D eigenvalue weighted by Gasteiger charge is 2.22. The minimum absolute atomic E-state index is 0.344. The van der Waals surface area contributed by atoms with Crippen molar-refractivity contribution in [1.82, 2.24) is 14.9 Å². The molecule has 3 rings (SSSR count). The largest absolute Gasteiger partial charge is 0.489 e. The van der Waals surface area contributed by atoms with Crippen molar-refractivity contribution in [1.29, 1.82) is 0 Å². The number of rotatable bonds is 10. The van der Waals surface area contributed by atoms with Crippen LogP contribution in [0.1, 0.15) is 45.5 Å². The number of carbonyl (C=O) groups excluding carboxylic acids is 2. The van der Waals surface area contributed by atoms with Gasteiger partial charge in [-0.05, 0) is 74.7 Å². The number of benzene rings is 2. The molecule has 3 aromatic rings. The first-order valence-corrected chi connectivity index (χ1v) is 11.3. The van der Waals surface area contributed by atoms with Gasteiger partial charge in [-0.15, -0.1) is 0 Å². The summed E-state index contributed by atoms with van der Waals surface area (Å²) in [6, 6.07) is 15.2. The summed E-state index contributed by atoms with van der Waals surface area (Å²) in [4.78, 5) is 32.4. The molecule has 0 radical (unpaired) electrons. The fourth-order valence-electron chi connectivity index (χ4n) is 3.26. The van der Waals surface area contributed by atoms with Gasteiger partial charge in [-0.2, -0.15) is 0 Å². The van der Waals surface area contributed by atoms with E-state index in [4.69, 9.17) is 9.47 Å². The van der Waals surface area contributed by atoms with Crippen LogP contribution in [-0.2, 0) is 22.7 Å². The molecule has 2 amide bonds. The zero-order chi connectivity index (χ0) is 24.6. The molecule has 0 atom stereocenters.